The van der Waals surface area contributed by atoms with Gasteiger partial charge in [0, 0.05) is 6.54 Å². The van der Waals surface area contributed by atoms with Crippen LogP contribution in [0, 0.1) is 0 Å². The number of hydrogen-bond donors (Lipinski definition) is 2. The summed E-state index contributed by atoms with van der Waals surface area (Å²) in [4.78, 5) is 18.4. The minimum Gasteiger partial charge on any atom is -0.497 e. The molecule has 3 heterocycles. The molecule has 4 rings (SSSR count). The smallest absolute Gasteiger partial charge is 0.182 e. The van der Waals surface area contributed by atoms with E-state index >= 15 is 0 Å². The van der Waals surface area contributed by atoms with Gasteiger partial charge in [-0.25, -0.2) is 15.0 Å². The SMILES string of the molecule is COc1ccc([C@@H](CNc2ncnc3nc[nH]c23)N2CCCC2)cc1. The van der Waals surface area contributed by atoms with Crippen LogP contribution in [0.1, 0.15) is 24.4 Å². The van der Waals surface area contributed by atoms with Crippen molar-refractivity contribution in [1.82, 2.24) is 24.8 Å². The summed E-state index contributed by atoms with van der Waals surface area (Å²) in [5.74, 6) is 1.67. The number of anilines is 1. The number of benzene rings is 1. The molecule has 130 valence electrons. The number of aromatic nitrogens is 4. The number of nitrogens with one attached hydrogen (secondary N) is 2. The van der Waals surface area contributed by atoms with Crippen LogP contribution < -0.4 is 10.1 Å². The molecule has 1 aromatic carbocycles. The Morgan fingerprint density at radius 3 is 2.72 bits per heavy atom. The van der Waals surface area contributed by atoms with Crippen molar-refractivity contribution in [1.29, 1.82) is 0 Å². The van der Waals surface area contributed by atoms with Gasteiger partial charge in [0.2, 0.25) is 0 Å². The van der Waals surface area contributed by atoms with E-state index in [9.17, 15) is 0 Å². The number of fused-ring (bicyclic) bond motifs is 1. The molecule has 1 atom stereocenters. The van der Waals surface area contributed by atoms with Crippen LogP contribution in [0.2, 0.25) is 0 Å². The Labute approximate surface area is 146 Å². The highest BCUT2D eigenvalue weighted by atomic mass is 16.5. The van der Waals surface area contributed by atoms with Gasteiger partial charge in [-0.05, 0) is 43.6 Å². The lowest BCUT2D eigenvalue weighted by Crippen LogP contribution is -2.31. The number of aromatic amines is 1. The molecule has 0 spiro atoms. The topological polar surface area (TPSA) is 79.0 Å². The summed E-state index contributed by atoms with van der Waals surface area (Å²) in [6.07, 6.45) is 5.70. The first kappa shape index (κ1) is 15.8. The third-order valence-electron chi connectivity index (χ3n) is 4.77. The molecule has 0 unspecified atom stereocenters. The highest BCUT2D eigenvalue weighted by Gasteiger charge is 2.23. The summed E-state index contributed by atoms with van der Waals surface area (Å²) < 4.78 is 5.29. The van der Waals surface area contributed by atoms with E-state index < -0.39 is 0 Å². The number of methoxy groups -OCH3 is 1. The van der Waals surface area contributed by atoms with Gasteiger partial charge in [-0.2, -0.15) is 0 Å². The summed E-state index contributed by atoms with van der Waals surface area (Å²) >= 11 is 0. The van der Waals surface area contributed by atoms with Gasteiger partial charge in [0.1, 0.15) is 17.6 Å². The number of imidazole rings is 1. The van der Waals surface area contributed by atoms with Gasteiger partial charge < -0.3 is 15.0 Å². The molecule has 7 heteroatoms. The van der Waals surface area contributed by atoms with E-state index in [4.69, 9.17) is 4.74 Å². The standard InChI is InChI=1S/C18H22N6O/c1-25-14-6-4-13(5-7-14)15(24-8-2-3-9-24)10-19-17-16-18(21-11-20-16)23-12-22-17/h4-7,11-12,15H,2-3,8-10H2,1H3,(H2,19,20,21,22,23)/t15-/m1/s1. The molecule has 1 aliphatic rings. The van der Waals surface area contributed by atoms with Crippen LogP contribution in [0.4, 0.5) is 5.82 Å². The first-order chi connectivity index (χ1) is 12.3. The van der Waals surface area contributed by atoms with Gasteiger partial charge in [-0.1, -0.05) is 12.1 Å². The molecule has 7 nitrogen and oxygen atoms in total. The number of H-pyrrole nitrogens is 1. The highest BCUT2D eigenvalue weighted by molar-refractivity contribution is 5.81. The van der Waals surface area contributed by atoms with Crippen molar-refractivity contribution in [3.05, 3.63) is 42.5 Å². The monoisotopic (exact) mass is 338 g/mol. The number of ether oxygens (including phenoxy) is 1. The molecule has 0 radical (unpaired) electrons. The van der Waals surface area contributed by atoms with E-state index in [0.717, 1.165) is 36.7 Å². The Bertz CT molecular complexity index is 825. The lowest BCUT2D eigenvalue weighted by Gasteiger charge is -2.28. The van der Waals surface area contributed by atoms with E-state index in [1.807, 2.05) is 12.1 Å². The fraction of sp³-hybridized carbons (Fsp3) is 0.389. The van der Waals surface area contributed by atoms with Crippen LogP contribution in [-0.4, -0.2) is 51.6 Å². The largest absolute Gasteiger partial charge is 0.497 e. The molecule has 25 heavy (non-hydrogen) atoms. The maximum Gasteiger partial charge on any atom is 0.182 e. The third-order valence-corrected chi connectivity index (χ3v) is 4.77. The third kappa shape index (κ3) is 3.28. The Balaban J connectivity index is 1.56. The van der Waals surface area contributed by atoms with Gasteiger partial charge in [-0.3, -0.25) is 4.90 Å². The lowest BCUT2D eigenvalue weighted by molar-refractivity contribution is 0.255. The second kappa shape index (κ2) is 7.06. The van der Waals surface area contributed by atoms with Crippen molar-refractivity contribution in [2.24, 2.45) is 0 Å². The molecule has 1 saturated heterocycles. The zero-order valence-electron chi connectivity index (χ0n) is 14.3. The van der Waals surface area contributed by atoms with Crippen LogP contribution >= 0.6 is 0 Å². The van der Waals surface area contributed by atoms with Gasteiger partial charge in [0.25, 0.3) is 0 Å². The summed E-state index contributed by atoms with van der Waals surface area (Å²) in [6.45, 7) is 3.03. The van der Waals surface area contributed by atoms with Crippen LogP contribution in [0.25, 0.3) is 11.2 Å². The normalized spacial score (nSPS) is 16.2. The van der Waals surface area contributed by atoms with Gasteiger partial charge in [0.15, 0.2) is 11.5 Å². The first-order valence-electron chi connectivity index (χ1n) is 8.61. The molecule has 0 saturated carbocycles. The number of likely N-dealkylation sites (tertiary alicyclic amines) is 1. The van der Waals surface area contributed by atoms with Crippen molar-refractivity contribution < 1.29 is 4.74 Å². The molecule has 0 aliphatic carbocycles. The maximum absolute atomic E-state index is 5.29. The van der Waals surface area contributed by atoms with E-state index in [1.165, 1.54) is 18.4 Å². The van der Waals surface area contributed by atoms with Gasteiger partial charge in [-0.15, -0.1) is 0 Å². The van der Waals surface area contributed by atoms with Crippen molar-refractivity contribution in [3.8, 4) is 5.75 Å². The second-order valence-corrected chi connectivity index (χ2v) is 6.24. The van der Waals surface area contributed by atoms with Crippen molar-refractivity contribution >= 4 is 17.0 Å². The van der Waals surface area contributed by atoms with Crippen LogP contribution in [0.3, 0.4) is 0 Å². The Kier molecular flexibility index (Phi) is 4.47. The first-order valence-corrected chi connectivity index (χ1v) is 8.61. The van der Waals surface area contributed by atoms with Gasteiger partial charge >= 0.3 is 0 Å². The van der Waals surface area contributed by atoms with Crippen LogP contribution in [0.5, 0.6) is 5.75 Å². The zero-order valence-corrected chi connectivity index (χ0v) is 14.3. The molecule has 0 amide bonds. The maximum atomic E-state index is 5.29. The van der Waals surface area contributed by atoms with Gasteiger partial charge in [0.05, 0.1) is 19.5 Å². The predicted octanol–water partition coefficient (Wildman–Crippen LogP) is 2.61. The van der Waals surface area contributed by atoms with E-state index in [1.54, 1.807) is 19.8 Å². The molecule has 1 aliphatic heterocycles. The van der Waals surface area contributed by atoms with Crippen LogP contribution in [0.15, 0.2) is 36.9 Å². The zero-order chi connectivity index (χ0) is 17.1. The van der Waals surface area contributed by atoms with Crippen molar-refractivity contribution in [2.75, 3.05) is 32.1 Å². The van der Waals surface area contributed by atoms with E-state index in [0.29, 0.717) is 11.7 Å². The van der Waals surface area contributed by atoms with E-state index in [-0.39, 0.29) is 0 Å². The second-order valence-electron chi connectivity index (χ2n) is 6.24. The fourth-order valence-corrected chi connectivity index (χ4v) is 3.43. The lowest BCUT2D eigenvalue weighted by atomic mass is 10.1. The number of nitrogens with zero attached hydrogens (tertiary/aromatic N) is 4. The van der Waals surface area contributed by atoms with Crippen molar-refractivity contribution in [3.63, 3.8) is 0 Å². The molecule has 3 aromatic rings. The predicted molar refractivity (Wildman–Crippen MR) is 96.7 cm³/mol. The van der Waals surface area contributed by atoms with Crippen molar-refractivity contribution in [2.45, 2.75) is 18.9 Å². The molecule has 2 aromatic heterocycles. The molecular formula is C18H22N6O. The Morgan fingerprint density at radius 2 is 1.96 bits per heavy atom. The summed E-state index contributed by atoms with van der Waals surface area (Å²) in [5, 5.41) is 3.48. The Morgan fingerprint density at radius 1 is 1.16 bits per heavy atom. The minimum atomic E-state index is 0.293. The fourth-order valence-electron chi connectivity index (χ4n) is 3.43. The summed E-state index contributed by atoms with van der Waals surface area (Å²) in [6, 6.07) is 8.64. The minimum absolute atomic E-state index is 0.293. The van der Waals surface area contributed by atoms with E-state index in [2.05, 4.69) is 42.3 Å². The number of hydrogen-bond acceptors (Lipinski definition) is 6. The molecule has 0 bridgehead atoms. The molecule has 1 fully saturated rings. The number of rotatable bonds is 6. The Hall–Kier alpha value is -2.67. The quantitative estimate of drug-likeness (QED) is 0.719. The van der Waals surface area contributed by atoms with Crippen LogP contribution in [-0.2, 0) is 0 Å². The highest BCUT2D eigenvalue weighted by Crippen LogP contribution is 2.27. The molecular weight excluding hydrogens is 316 g/mol. The average Bonchev–Trinajstić information content (AvgIpc) is 3.34. The summed E-state index contributed by atoms with van der Waals surface area (Å²) in [7, 11) is 1.69. The average molecular weight is 338 g/mol. The summed E-state index contributed by atoms with van der Waals surface area (Å²) in [5.41, 5.74) is 2.81. The molecule has 2 N–H and O–H groups in total.